The van der Waals surface area contributed by atoms with Crippen molar-refractivity contribution in [2.75, 3.05) is 12.4 Å². The first kappa shape index (κ1) is 15.1. The molecular formula is C16H15BrO2S. The number of Topliss-reactive ketones (excluding diaryl/α,β-unsaturated/α-hetero) is 1. The third kappa shape index (κ3) is 4.12. The predicted molar refractivity (Wildman–Crippen MR) is 86.8 cm³/mol. The van der Waals surface area contributed by atoms with Crippen molar-refractivity contribution in [3.63, 3.8) is 0 Å². The molecule has 0 spiro atoms. The molecule has 0 aliphatic rings. The molecule has 0 radical (unpaired) electrons. The van der Waals surface area contributed by atoms with Gasteiger partial charge in [-0.2, -0.15) is 0 Å². The first-order valence-electron chi connectivity index (χ1n) is 6.34. The number of carbonyl (C=O) groups excluding carboxylic acids is 1. The van der Waals surface area contributed by atoms with Gasteiger partial charge < -0.3 is 4.74 Å². The van der Waals surface area contributed by atoms with Gasteiger partial charge in [-0.05, 0) is 59.3 Å². The molecular weight excluding hydrogens is 336 g/mol. The summed E-state index contributed by atoms with van der Waals surface area (Å²) in [6.45, 7) is 2.57. The van der Waals surface area contributed by atoms with E-state index in [2.05, 4.69) is 15.9 Å². The van der Waals surface area contributed by atoms with E-state index in [1.165, 1.54) is 11.8 Å². The number of hydrogen-bond acceptors (Lipinski definition) is 3. The zero-order valence-corrected chi connectivity index (χ0v) is 13.5. The summed E-state index contributed by atoms with van der Waals surface area (Å²) < 4.78 is 6.38. The van der Waals surface area contributed by atoms with E-state index in [1.807, 2.05) is 55.5 Å². The Labute approximate surface area is 131 Å². The first-order chi connectivity index (χ1) is 9.70. The highest BCUT2D eigenvalue weighted by Gasteiger charge is 2.08. The number of hydrogen-bond donors (Lipinski definition) is 0. The Hall–Kier alpha value is -1.26. The minimum atomic E-state index is 0.119. The summed E-state index contributed by atoms with van der Waals surface area (Å²) in [6, 6.07) is 15.2. The Kier molecular flexibility index (Phi) is 5.68. The summed E-state index contributed by atoms with van der Waals surface area (Å²) in [6.07, 6.45) is 0. The lowest BCUT2D eigenvalue weighted by molar-refractivity contribution is 0.102. The van der Waals surface area contributed by atoms with Crippen LogP contribution in [0.3, 0.4) is 0 Å². The van der Waals surface area contributed by atoms with Crippen LogP contribution in [0.5, 0.6) is 5.75 Å². The standard InChI is InChI=1S/C16H15BrO2S/c1-2-19-13-9-7-12(8-10-13)15(18)11-20-16-6-4-3-5-14(16)17/h3-10H,2,11H2,1H3. The molecule has 0 aromatic heterocycles. The molecule has 0 fully saturated rings. The highest BCUT2D eigenvalue weighted by atomic mass is 79.9. The fourth-order valence-corrected chi connectivity index (χ4v) is 3.15. The van der Waals surface area contributed by atoms with Crippen molar-refractivity contribution in [3.8, 4) is 5.75 Å². The number of halogens is 1. The van der Waals surface area contributed by atoms with Gasteiger partial charge in [0, 0.05) is 14.9 Å². The molecule has 4 heteroatoms. The van der Waals surface area contributed by atoms with Gasteiger partial charge in [0.25, 0.3) is 0 Å². The molecule has 104 valence electrons. The zero-order valence-electron chi connectivity index (χ0n) is 11.1. The van der Waals surface area contributed by atoms with Gasteiger partial charge in [-0.3, -0.25) is 4.79 Å². The summed E-state index contributed by atoms with van der Waals surface area (Å²) in [5.74, 6) is 1.34. The molecule has 0 amide bonds. The highest BCUT2D eigenvalue weighted by Crippen LogP contribution is 2.27. The molecule has 20 heavy (non-hydrogen) atoms. The lowest BCUT2D eigenvalue weighted by Crippen LogP contribution is -2.02. The zero-order chi connectivity index (χ0) is 14.4. The van der Waals surface area contributed by atoms with E-state index in [0.717, 1.165) is 15.1 Å². The largest absolute Gasteiger partial charge is 0.494 e. The van der Waals surface area contributed by atoms with Crippen LogP contribution in [0.1, 0.15) is 17.3 Å². The Morgan fingerprint density at radius 3 is 2.50 bits per heavy atom. The van der Waals surface area contributed by atoms with E-state index in [9.17, 15) is 4.79 Å². The summed E-state index contributed by atoms with van der Waals surface area (Å²) in [5.41, 5.74) is 0.716. The van der Waals surface area contributed by atoms with Gasteiger partial charge >= 0.3 is 0 Å². The maximum absolute atomic E-state index is 12.1. The van der Waals surface area contributed by atoms with E-state index >= 15 is 0 Å². The van der Waals surface area contributed by atoms with Crippen molar-refractivity contribution in [3.05, 3.63) is 58.6 Å². The fraction of sp³-hybridized carbons (Fsp3) is 0.188. The van der Waals surface area contributed by atoms with Crippen molar-refractivity contribution in [1.82, 2.24) is 0 Å². The van der Waals surface area contributed by atoms with E-state index in [1.54, 1.807) is 0 Å². The molecule has 2 aromatic carbocycles. The minimum Gasteiger partial charge on any atom is -0.494 e. The maximum atomic E-state index is 12.1. The van der Waals surface area contributed by atoms with E-state index in [4.69, 9.17) is 4.74 Å². The lowest BCUT2D eigenvalue weighted by atomic mass is 10.1. The van der Waals surface area contributed by atoms with Crippen LogP contribution in [0.25, 0.3) is 0 Å². The third-order valence-corrected chi connectivity index (χ3v) is 4.71. The van der Waals surface area contributed by atoms with E-state index < -0.39 is 0 Å². The Bertz CT molecular complexity index is 581. The van der Waals surface area contributed by atoms with E-state index in [0.29, 0.717) is 17.9 Å². The van der Waals surface area contributed by atoms with E-state index in [-0.39, 0.29) is 5.78 Å². The third-order valence-electron chi connectivity index (χ3n) is 2.68. The van der Waals surface area contributed by atoms with Crippen molar-refractivity contribution >= 4 is 33.5 Å². The molecule has 0 saturated carbocycles. The molecule has 0 unspecified atom stereocenters. The Balaban J connectivity index is 1.96. The predicted octanol–water partition coefficient (Wildman–Crippen LogP) is 4.82. The molecule has 0 N–H and O–H groups in total. The van der Waals surface area contributed by atoms with Gasteiger partial charge in [-0.15, -0.1) is 11.8 Å². The van der Waals surface area contributed by atoms with Crippen LogP contribution >= 0.6 is 27.7 Å². The second-order valence-corrected chi connectivity index (χ2v) is 5.97. The quantitative estimate of drug-likeness (QED) is 0.551. The second kappa shape index (κ2) is 7.50. The summed E-state index contributed by atoms with van der Waals surface area (Å²) in [5, 5.41) is 0. The SMILES string of the molecule is CCOc1ccc(C(=O)CSc2ccccc2Br)cc1. The van der Waals surface area contributed by atoms with Gasteiger partial charge in [-0.25, -0.2) is 0 Å². The number of rotatable bonds is 6. The van der Waals surface area contributed by atoms with Crippen LogP contribution < -0.4 is 4.74 Å². The molecule has 2 nitrogen and oxygen atoms in total. The second-order valence-electron chi connectivity index (χ2n) is 4.10. The van der Waals surface area contributed by atoms with Crippen LogP contribution in [0, 0.1) is 0 Å². The van der Waals surface area contributed by atoms with Crippen LogP contribution in [-0.4, -0.2) is 18.1 Å². The Morgan fingerprint density at radius 2 is 1.85 bits per heavy atom. The topological polar surface area (TPSA) is 26.3 Å². The average Bonchev–Trinajstić information content (AvgIpc) is 2.47. The Morgan fingerprint density at radius 1 is 1.15 bits per heavy atom. The van der Waals surface area contributed by atoms with Crippen LogP contribution in [0.4, 0.5) is 0 Å². The molecule has 2 aromatic rings. The molecule has 0 aliphatic heterocycles. The minimum absolute atomic E-state index is 0.119. The van der Waals surface area contributed by atoms with Crippen LogP contribution in [0.2, 0.25) is 0 Å². The maximum Gasteiger partial charge on any atom is 0.173 e. The summed E-state index contributed by atoms with van der Waals surface area (Å²) in [4.78, 5) is 13.2. The average molecular weight is 351 g/mol. The van der Waals surface area contributed by atoms with Gasteiger partial charge in [0.2, 0.25) is 0 Å². The number of thioether (sulfide) groups is 1. The molecule has 0 saturated heterocycles. The number of carbonyl (C=O) groups is 1. The molecule has 0 bridgehead atoms. The first-order valence-corrected chi connectivity index (χ1v) is 8.12. The molecule has 0 atom stereocenters. The molecule has 0 aliphatic carbocycles. The molecule has 0 heterocycles. The van der Waals surface area contributed by atoms with Gasteiger partial charge in [-0.1, -0.05) is 12.1 Å². The van der Waals surface area contributed by atoms with Gasteiger partial charge in [0.1, 0.15) is 5.75 Å². The van der Waals surface area contributed by atoms with Crippen LogP contribution in [-0.2, 0) is 0 Å². The summed E-state index contributed by atoms with van der Waals surface area (Å²) >= 11 is 5.02. The monoisotopic (exact) mass is 350 g/mol. The summed E-state index contributed by atoms with van der Waals surface area (Å²) in [7, 11) is 0. The normalized spacial score (nSPS) is 10.3. The number of benzene rings is 2. The fourth-order valence-electron chi connectivity index (χ4n) is 1.69. The van der Waals surface area contributed by atoms with Gasteiger partial charge in [0.05, 0.1) is 12.4 Å². The lowest BCUT2D eigenvalue weighted by Gasteiger charge is -2.05. The molecule has 2 rings (SSSR count). The smallest absolute Gasteiger partial charge is 0.173 e. The van der Waals surface area contributed by atoms with Crippen molar-refractivity contribution in [2.24, 2.45) is 0 Å². The van der Waals surface area contributed by atoms with Crippen molar-refractivity contribution in [1.29, 1.82) is 0 Å². The number of ether oxygens (including phenoxy) is 1. The van der Waals surface area contributed by atoms with Crippen molar-refractivity contribution < 1.29 is 9.53 Å². The van der Waals surface area contributed by atoms with Gasteiger partial charge in [0.15, 0.2) is 5.78 Å². The highest BCUT2D eigenvalue weighted by molar-refractivity contribution is 9.10. The van der Waals surface area contributed by atoms with Crippen LogP contribution in [0.15, 0.2) is 57.9 Å². The number of ketones is 1. The van der Waals surface area contributed by atoms with Crippen molar-refractivity contribution in [2.45, 2.75) is 11.8 Å².